The lowest BCUT2D eigenvalue weighted by atomic mass is 10.2. The topological polar surface area (TPSA) is 59.8 Å². The Kier molecular flexibility index (Phi) is 5.78. The highest BCUT2D eigenvalue weighted by molar-refractivity contribution is 9.10. The Balaban J connectivity index is 1.73. The van der Waals surface area contributed by atoms with Gasteiger partial charge < -0.3 is 5.32 Å². The van der Waals surface area contributed by atoms with E-state index in [1.807, 2.05) is 67.8 Å². The Labute approximate surface area is 165 Å². The van der Waals surface area contributed by atoms with Gasteiger partial charge in [-0.1, -0.05) is 45.9 Å². The van der Waals surface area contributed by atoms with Gasteiger partial charge in [-0.05, 0) is 56.2 Å². The van der Waals surface area contributed by atoms with Gasteiger partial charge in [-0.3, -0.25) is 9.36 Å². The van der Waals surface area contributed by atoms with Gasteiger partial charge in [0.15, 0.2) is 5.16 Å². The van der Waals surface area contributed by atoms with Crippen molar-refractivity contribution in [1.29, 1.82) is 0 Å². The molecule has 1 heterocycles. The number of nitrogens with one attached hydrogen (secondary N) is 1. The number of hydrogen-bond acceptors (Lipinski definition) is 4. The van der Waals surface area contributed by atoms with E-state index >= 15 is 0 Å². The molecule has 0 aliphatic heterocycles. The molecule has 0 atom stereocenters. The largest absolute Gasteiger partial charge is 0.325 e. The number of anilines is 1. The van der Waals surface area contributed by atoms with Crippen LogP contribution in [0.25, 0.3) is 5.69 Å². The summed E-state index contributed by atoms with van der Waals surface area (Å²) in [5, 5.41) is 12.1. The quantitative estimate of drug-likeness (QED) is 0.596. The number of halogens is 1. The molecule has 134 valence electrons. The van der Waals surface area contributed by atoms with Crippen LogP contribution in [-0.4, -0.2) is 26.4 Å². The molecule has 2 aromatic carbocycles. The van der Waals surface area contributed by atoms with E-state index in [-0.39, 0.29) is 11.7 Å². The lowest BCUT2D eigenvalue weighted by Crippen LogP contribution is -2.15. The summed E-state index contributed by atoms with van der Waals surface area (Å²) in [6, 6.07) is 13.8. The average molecular weight is 431 g/mol. The molecule has 1 N–H and O–H groups in total. The Morgan fingerprint density at radius 1 is 1.12 bits per heavy atom. The SMILES string of the molecule is Cc1cc(Br)ccc1NC(=O)CSc1nnc(C)n1-c1ccccc1C. The summed E-state index contributed by atoms with van der Waals surface area (Å²) in [6.45, 7) is 5.92. The van der Waals surface area contributed by atoms with E-state index in [1.54, 1.807) is 0 Å². The summed E-state index contributed by atoms with van der Waals surface area (Å²) in [4.78, 5) is 12.3. The second-order valence-electron chi connectivity index (χ2n) is 5.95. The first-order valence-electron chi connectivity index (χ1n) is 8.12. The smallest absolute Gasteiger partial charge is 0.234 e. The molecule has 3 aromatic rings. The molecule has 7 heteroatoms. The maximum Gasteiger partial charge on any atom is 0.234 e. The predicted molar refractivity (Wildman–Crippen MR) is 109 cm³/mol. The van der Waals surface area contributed by atoms with Crippen molar-refractivity contribution in [3.63, 3.8) is 0 Å². The number of thioether (sulfide) groups is 1. The number of aryl methyl sites for hydroxylation is 3. The van der Waals surface area contributed by atoms with E-state index in [0.717, 1.165) is 32.8 Å². The average Bonchev–Trinajstić information content (AvgIpc) is 2.97. The van der Waals surface area contributed by atoms with Gasteiger partial charge in [0.05, 0.1) is 11.4 Å². The number of para-hydroxylation sites is 1. The highest BCUT2D eigenvalue weighted by Gasteiger charge is 2.15. The standard InChI is InChI=1S/C19H19BrN4OS/c1-12-6-4-5-7-17(12)24-14(3)22-23-19(24)26-11-18(25)21-16-9-8-15(20)10-13(16)2/h4-10H,11H2,1-3H3,(H,21,25). The molecular weight excluding hydrogens is 412 g/mol. The Morgan fingerprint density at radius 3 is 2.62 bits per heavy atom. The van der Waals surface area contributed by atoms with Crippen LogP contribution < -0.4 is 5.32 Å². The summed E-state index contributed by atoms with van der Waals surface area (Å²) in [5.41, 5.74) is 3.99. The molecule has 0 radical (unpaired) electrons. The van der Waals surface area contributed by atoms with Crippen molar-refractivity contribution in [3.8, 4) is 5.69 Å². The van der Waals surface area contributed by atoms with E-state index in [1.165, 1.54) is 11.8 Å². The van der Waals surface area contributed by atoms with E-state index in [2.05, 4.69) is 31.4 Å². The van der Waals surface area contributed by atoms with E-state index in [4.69, 9.17) is 0 Å². The molecule has 5 nitrogen and oxygen atoms in total. The lowest BCUT2D eigenvalue weighted by molar-refractivity contribution is -0.113. The third-order valence-electron chi connectivity index (χ3n) is 3.95. The van der Waals surface area contributed by atoms with Crippen molar-refractivity contribution in [2.75, 3.05) is 11.1 Å². The second kappa shape index (κ2) is 8.05. The zero-order valence-electron chi connectivity index (χ0n) is 14.8. The first-order valence-corrected chi connectivity index (χ1v) is 9.90. The van der Waals surface area contributed by atoms with Crippen molar-refractivity contribution in [2.24, 2.45) is 0 Å². The zero-order chi connectivity index (χ0) is 18.7. The number of carbonyl (C=O) groups is 1. The first-order chi connectivity index (χ1) is 12.5. The van der Waals surface area contributed by atoms with Crippen molar-refractivity contribution in [1.82, 2.24) is 14.8 Å². The van der Waals surface area contributed by atoms with Crippen molar-refractivity contribution < 1.29 is 4.79 Å². The van der Waals surface area contributed by atoms with Crippen LogP contribution in [0.3, 0.4) is 0 Å². The fourth-order valence-corrected chi connectivity index (χ4v) is 3.88. The van der Waals surface area contributed by atoms with E-state index < -0.39 is 0 Å². The molecule has 3 rings (SSSR count). The van der Waals surface area contributed by atoms with Crippen LogP contribution in [0.1, 0.15) is 17.0 Å². The maximum atomic E-state index is 12.3. The van der Waals surface area contributed by atoms with Gasteiger partial charge in [0.1, 0.15) is 5.82 Å². The van der Waals surface area contributed by atoms with Gasteiger partial charge in [-0.15, -0.1) is 10.2 Å². The van der Waals surface area contributed by atoms with Gasteiger partial charge in [-0.2, -0.15) is 0 Å². The summed E-state index contributed by atoms with van der Waals surface area (Å²) in [6.07, 6.45) is 0. The molecule has 0 bridgehead atoms. The molecule has 26 heavy (non-hydrogen) atoms. The van der Waals surface area contributed by atoms with Crippen LogP contribution in [0.5, 0.6) is 0 Å². The summed E-state index contributed by atoms with van der Waals surface area (Å²) < 4.78 is 2.97. The number of aromatic nitrogens is 3. The minimum atomic E-state index is -0.0718. The van der Waals surface area contributed by atoms with Crippen molar-refractivity contribution >= 4 is 39.3 Å². The third kappa shape index (κ3) is 4.16. The molecule has 0 saturated heterocycles. The van der Waals surface area contributed by atoms with Crippen LogP contribution in [0.15, 0.2) is 52.1 Å². The van der Waals surface area contributed by atoms with Crippen molar-refractivity contribution in [3.05, 3.63) is 63.9 Å². The second-order valence-corrected chi connectivity index (χ2v) is 7.81. The molecule has 0 aliphatic rings. The van der Waals surface area contributed by atoms with Gasteiger partial charge in [0, 0.05) is 10.2 Å². The van der Waals surface area contributed by atoms with Crippen LogP contribution >= 0.6 is 27.7 Å². The number of rotatable bonds is 5. The molecule has 0 fully saturated rings. The molecule has 1 amide bonds. The number of amides is 1. The minimum absolute atomic E-state index is 0.0718. The highest BCUT2D eigenvalue weighted by Crippen LogP contribution is 2.25. The highest BCUT2D eigenvalue weighted by atomic mass is 79.9. The molecular formula is C19H19BrN4OS. The van der Waals surface area contributed by atoms with Crippen LogP contribution in [0.2, 0.25) is 0 Å². The van der Waals surface area contributed by atoms with Crippen LogP contribution in [-0.2, 0) is 4.79 Å². The van der Waals surface area contributed by atoms with Gasteiger partial charge in [0.25, 0.3) is 0 Å². The summed E-state index contributed by atoms with van der Waals surface area (Å²) in [5.74, 6) is 0.989. The number of hydrogen-bond donors (Lipinski definition) is 1. The fourth-order valence-electron chi connectivity index (χ4n) is 2.61. The normalized spacial score (nSPS) is 10.8. The van der Waals surface area contributed by atoms with E-state index in [9.17, 15) is 4.79 Å². The van der Waals surface area contributed by atoms with Gasteiger partial charge >= 0.3 is 0 Å². The Morgan fingerprint density at radius 2 is 1.88 bits per heavy atom. The zero-order valence-corrected chi connectivity index (χ0v) is 17.2. The fraction of sp³-hybridized carbons (Fsp3) is 0.211. The van der Waals surface area contributed by atoms with Crippen LogP contribution in [0.4, 0.5) is 5.69 Å². The Bertz CT molecular complexity index is 954. The maximum absolute atomic E-state index is 12.3. The van der Waals surface area contributed by atoms with Crippen LogP contribution in [0, 0.1) is 20.8 Å². The summed E-state index contributed by atoms with van der Waals surface area (Å²) >= 11 is 4.80. The third-order valence-corrected chi connectivity index (χ3v) is 5.37. The molecule has 0 saturated carbocycles. The lowest BCUT2D eigenvalue weighted by Gasteiger charge is -2.11. The molecule has 0 unspecified atom stereocenters. The summed E-state index contributed by atoms with van der Waals surface area (Å²) in [7, 11) is 0. The molecule has 0 aliphatic carbocycles. The van der Waals surface area contributed by atoms with Gasteiger partial charge in [-0.25, -0.2) is 0 Å². The van der Waals surface area contributed by atoms with E-state index in [0.29, 0.717) is 5.16 Å². The van der Waals surface area contributed by atoms with Gasteiger partial charge in [0.2, 0.25) is 5.91 Å². The number of carbonyl (C=O) groups excluding carboxylic acids is 1. The first kappa shape index (κ1) is 18.7. The molecule has 1 aromatic heterocycles. The minimum Gasteiger partial charge on any atom is -0.325 e. The molecule has 0 spiro atoms. The predicted octanol–water partition coefficient (Wildman–Crippen LogP) is 4.69. The van der Waals surface area contributed by atoms with Crippen molar-refractivity contribution in [2.45, 2.75) is 25.9 Å². The Hall–Kier alpha value is -2.12. The number of nitrogens with zero attached hydrogens (tertiary/aromatic N) is 3. The number of benzene rings is 2. The monoisotopic (exact) mass is 430 g/mol.